The highest BCUT2D eigenvalue weighted by atomic mass is 32.3. The van der Waals surface area contributed by atoms with Gasteiger partial charge in [-0.1, -0.05) is 206 Å². The third-order valence-electron chi connectivity index (χ3n) is 8.74. The highest BCUT2D eigenvalue weighted by molar-refractivity contribution is 7.80. The van der Waals surface area contributed by atoms with Crippen LogP contribution in [0.25, 0.3) is 0 Å². The van der Waals surface area contributed by atoms with E-state index in [1.54, 1.807) is 0 Å². The highest BCUT2D eigenvalue weighted by Crippen LogP contribution is 2.18. The number of hydrogen-bond donors (Lipinski definition) is 1. The molecular weight excluding hydrogens is 540 g/mol. The topological polar surface area (TPSA) is 63.6 Å². The standard InChI is InChI=1S/C37H74O4S/c1-3-5-7-9-11-13-15-17-18-19-20-21-23-25-27-29-31-33-35-37(36-41-42(38,39)40)34-32-30-28-26-24-22-16-14-12-10-8-6-4-2/h33,35,37H,3-32,34,36H2,1-2H3,(H,38,39,40)/b35-33+. The maximum absolute atomic E-state index is 11.1. The van der Waals surface area contributed by atoms with E-state index in [4.69, 9.17) is 8.74 Å². The van der Waals surface area contributed by atoms with Gasteiger partial charge in [0.1, 0.15) is 0 Å². The van der Waals surface area contributed by atoms with E-state index in [1.807, 2.05) is 0 Å². The van der Waals surface area contributed by atoms with Gasteiger partial charge in [-0.15, -0.1) is 0 Å². The van der Waals surface area contributed by atoms with Crippen molar-refractivity contribution in [1.29, 1.82) is 0 Å². The van der Waals surface area contributed by atoms with Crippen LogP contribution in [0.2, 0.25) is 0 Å². The number of unbranched alkanes of at least 4 members (excludes halogenated alkanes) is 28. The van der Waals surface area contributed by atoms with Crippen LogP contribution in [-0.4, -0.2) is 19.6 Å². The summed E-state index contributed by atoms with van der Waals surface area (Å²) >= 11 is 0. The second-order valence-corrected chi connectivity index (χ2v) is 14.1. The first-order valence-electron chi connectivity index (χ1n) is 18.8. The summed E-state index contributed by atoms with van der Waals surface area (Å²) in [5.41, 5.74) is 0. The van der Waals surface area contributed by atoms with Crippen LogP contribution in [0, 0.1) is 5.92 Å². The summed E-state index contributed by atoms with van der Waals surface area (Å²) in [6.45, 7) is 4.60. The molecule has 0 aromatic carbocycles. The van der Waals surface area contributed by atoms with E-state index in [2.05, 4.69) is 26.0 Å². The molecule has 0 saturated heterocycles. The van der Waals surface area contributed by atoms with E-state index in [1.165, 1.54) is 180 Å². The number of hydrogen-bond acceptors (Lipinski definition) is 3. The lowest BCUT2D eigenvalue weighted by Crippen LogP contribution is -2.12. The van der Waals surface area contributed by atoms with Gasteiger partial charge in [-0.05, 0) is 19.3 Å². The number of rotatable bonds is 35. The molecule has 42 heavy (non-hydrogen) atoms. The Balaban J connectivity index is 3.73. The fourth-order valence-corrected chi connectivity index (χ4v) is 6.28. The first-order chi connectivity index (χ1) is 20.5. The molecule has 0 rings (SSSR count). The van der Waals surface area contributed by atoms with Crippen molar-refractivity contribution in [1.82, 2.24) is 0 Å². The van der Waals surface area contributed by atoms with Crippen molar-refractivity contribution in [3.63, 3.8) is 0 Å². The van der Waals surface area contributed by atoms with Crippen molar-refractivity contribution in [2.45, 2.75) is 213 Å². The molecule has 0 spiro atoms. The van der Waals surface area contributed by atoms with Gasteiger partial charge in [0.05, 0.1) is 6.61 Å². The second-order valence-electron chi connectivity index (χ2n) is 13.0. The van der Waals surface area contributed by atoms with E-state index in [9.17, 15) is 8.42 Å². The lowest BCUT2D eigenvalue weighted by Gasteiger charge is -2.12. The van der Waals surface area contributed by atoms with E-state index < -0.39 is 10.4 Å². The Hall–Kier alpha value is -0.390. The summed E-state index contributed by atoms with van der Waals surface area (Å²) in [7, 11) is -4.37. The Morgan fingerprint density at radius 3 is 1.14 bits per heavy atom. The average Bonchev–Trinajstić information content (AvgIpc) is 2.96. The highest BCUT2D eigenvalue weighted by Gasteiger charge is 2.11. The molecule has 0 aliphatic rings. The normalized spacial score (nSPS) is 12.9. The SMILES string of the molecule is CCCCCCCCCCCCCCCCCC/C=C/C(CCCCCCCCCCCCCCC)COS(=O)(=O)O. The smallest absolute Gasteiger partial charge is 0.264 e. The largest absolute Gasteiger partial charge is 0.397 e. The molecule has 0 aromatic heterocycles. The molecule has 0 saturated carbocycles. The Bertz CT molecular complexity index is 646. The Kier molecular flexibility index (Phi) is 33.2. The van der Waals surface area contributed by atoms with Gasteiger partial charge < -0.3 is 0 Å². The summed E-state index contributed by atoms with van der Waals surface area (Å²) in [6.07, 6.45) is 45.6. The summed E-state index contributed by atoms with van der Waals surface area (Å²) < 4.78 is 35.9. The minimum atomic E-state index is -4.37. The van der Waals surface area contributed by atoms with Gasteiger partial charge >= 0.3 is 10.4 Å². The van der Waals surface area contributed by atoms with Crippen LogP contribution in [0.5, 0.6) is 0 Å². The molecule has 1 N–H and O–H groups in total. The van der Waals surface area contributed by atoms with Crippen LogP contribution in [-0.2, 0) is 14.6 Å². The molecule has 0 fully saturated rings. The molecule has 5 heteroatoms. The Morgan fingerprint density at radius 1 is 0.500 bits per heavy atom. The van der Waals surface area contributed by atoms with Crippen molar-refractivity contribution in [3.8, 4) is 0 Å². The third kappa shape index (κ3) is 35.8. The number of allylic oxidation sites excluding steroid dienone is 1. The van der Waals surface area contributed by atoms with E-state index in [0.717, 1.165) is 19.3 Å². The molecule has 4 nitrogen and oxygen atoms in total. The van der Waals surface area contributed by atoms with Gasteiger partial charge in [-0.2, -0.15) is 8.42 Å². The molecule has 0 aliphatic carbocycles. The molecule has 252 valence electrons. The van der Waals surface area contributed by atoms with Gasteiger partial charge in [0.25, 0.3) is 0 Å². The van der Waals surface area contributed by atoms with Crippen LogP contribution >= 0.6 is 0 Å². The predicted molar refractivity (Wildman–Crippen MR) is 185 cm³/mol. The van der Waals surface area contributed by atoms with Crippen LogP contribution in [0.15, 0.2) is 12.2 Å². The molecule has 0 amide bonds. The zero-order valence-electron chi connectivity index (χ0n) is 28.4. The second kappa shape index (κ2) is 33.5. The molecule has 1 atom stereocenters. The quantitative estimate of drug-likeness (QED) is 0.0438. The van der Waals surface area contributed by atoms with Crippen molar-refractivity contribution >= 4 is 10.4 Å². The van der Waals surface area contributed by atoms with Crippen molar-refractivity contribution in [2.75, 3.05) is 6.61 Å². The van der Waals surface area contributed by atoms with E-state index >= 15 is 0 Å². The van der Waals surface area contributed by atoms with Gasteiger partial charge in [0.15, 0.2) is 0 Å². The van der Waals surface area contributed by atoms with Crippen LogP contribution in [0.3, 0.4) is 0 Å². The Labute approximate surface area is 264 Å². The molecule has 0 radical (unpaired) electrons. The first kappa shape index (κ1) is 41.6. The molecule has 0 aliphatic heterocycles. The van der Waals surface area contributed by atoms with Crippen LogP contribution < -0.4 is 0 Å². The molecular formula is C37H74O4S. The van der Waals surface area contributed by atoms with Gasteiger partial charge in [-0.25, -0.2) is 4.18 Å². The minimum absolute atomic E-state index is 0.0482. The average molecular weight is 615 g/mol. The van der Waals surface area contributed by atoms with E-state index in [0.29, 0.717) is 0 Å². The van der Waals surface area contributed by atoms with E-state index in [-0.39, 0.29) is 12.5 Å². The van der Waals surface area contributed by atoms with Crippen LogP contribution in [0.4, 0.5) is 0 Å². The van der Waals surface area contributed by atoms with Crippen molar-refractivity contribution in [2.24, 2.45) is 5.92 Å². The third-order valence-corrected chi connectivity index (χ3v) is 9.18. The zero-order chi connectivity index (χ0) is 30.8. The Morgan fingerprint density at radius 2 is 0.810 bits per heavy atom. The summed E-state index contributed by atoms with van der Waals surface area (Å²) in [5, 5.41) is 0. The lowest BCUT2D eigenvalue weighted by atomic mass is 9.99. The zero-order valence-corrected chi connectivity index (χ0v) is 29.3. The minimum Gasteiger partial charge on any atom is -0.264 e. The molecule has 1 unspecified atom stereocenters. The summed E-state index contributed by atoms with van der Waals surface area (Å²) in [5.74, 6) is 0.0562. The van der Waals surface area contributed by atoms with Gasteiger partial charge in [0.2, 0.25) is 0 Å². The van der Waals surface area contributed by atoms with Crippen LogP contribution in [0.1, 0.15) is 213 Å². The summed E-state index contributed by atoms with van der Waals surface area (Å²) in [4.78, 5) is 0. The molecule has 0 heterocycles. The van der Waals surface area contributed by atoms with Crippen molar-refractivity contribution < 1.29 is 17.2 Å². The fraction of sp³-hybridized carbons (Fsp3) is 0.946. The van der Waals surface area contributed by atoms with Crippen molar-refractivity contribution in [3.05, 3.63) is 12.2 Å². The first-order valence-corrected chi connectivity index (χ1v) is 20.1. The predicted octanol–water partition coefficient (Wildman–Crippen LogP) is 13.1. The molecule has 0 bridgehead atoms. The van der Waals surface area contributed by atoms with Gasteiger partial charge in [0, 0.05) is 5.92 Å². The monoisotopic (exact) mass is 615 g/mol. The molecule has 0 aromatic rings. The maximum Gasteiger partial charge on any atom is 0.397 e. The maximum atomic E-state index is 11.1. The summed E-state index contributed by atoms with van der Waals surface area (Å²) in [6, 6.07) is 0. The fourth-order valence-electron chi connectivity index (χ4n) is 5.93. The van der Waals surface area contributed by atoms with Gasteiger partial charge in [-0.3, -0.25) is 4.55 Å². The lowest BCUT2D eigenvalue weighted by molar-refractivity contribution is 0.234.